The van der Waals surface area contributed by atoms with Crippen LogP contribution < -0.4 is 10.1 Å². The van der Waals surface area contributed by atoms with Crippen LogP contribution in [-0.4, -0.2) is 45.4 Å². The number of amides is 1. The molecule has 0 saturated carbocycles. The number of nitrogens with zero attached hydrogens (tertiary/aromatic N) is 1. The highest BCUT2D eigenvalue weighted by Gasteiger charge is 2.23. The molecule has 1 rings (SSSR count). The summed E-state index contributed by atoms with van der Waals surface area (Å²) in [4.78, 5) is 12.3. The van der Waals surface area contributed by atoms with Crippen molar-refractivity contribution in [3.05, 3.63) is 23.8 Å². The van der Waals surface area contributed by atoms with Crippen LogP contribution in [0.4, 0.5) is 0 Å². The first-order chi connectivity index (χ1) is 9.49. The SMILES string of the molecule is COc1ccc(S(=O)(=O)N(C)C)cc1C(=O)NC(C)(C)C. The second-order valence-corrected chi connectivity index (χ2v) is 8.01. The summed E-state index contributed by atoms with van der Waals surface area (Å²) in [6, 6.07) is 4.23. The molecule has 118 valence electrons. The van der Waals surface area contributed by atoms with Gasteiger partial charge in [-0.1, -0.05) is 0 Å². The zero-order chi connectivity index (χ0) is 16.4. The van der Waals surface area contributed by atoms with Crippen molar-refractivity contribution >= 4 is 15.9 Å². The van der Waals surface area contributed by atoms with Gasteiger partial charge in [0.15, 0.2) is 0 Å². The fourth-order valence-corrected chi connectivity index (χ4v) is 2.57. The van der Waals surface area contributed by atoms with Crippen molar-refractivity contribution in [2.24, 2.45) is 0 Å². The highest BCUT2D eigenvalue weighted by molar-refractivity contribution is 7.89. The number of sulfonamides is 1. The Bertz CT molecular complexity index is 631. The van der Waals surface area contributed by atoms with Crippen molar-refractivity contribution in [3.63, 3.8) is 0 Å². The first kappa shape index (κ1) is 17.5. The Balaban J connectivity index is 3.34. The molecule has 0 bridgehead atoms. The van der Waals surface area contributed by atoms with Crippen LogP contribution in [-0.2, 0) is 10.0 Å². The van der Waals surface area contributed by atoms with Crippen molar-refractivity contribution in [2.45, 2.75) is 31.2 Å². The van der Waals surface area contributed by atoms with E-state index in [0.29, 0.717) is 5.75 Å². The molecule has 0 atom stereocenters. The van der Waals surface area contributed by atoms with Crippen molar-refractivity contribution in [2.75, 3.05) is 21.2 Å². The van der Waals surface area contributed by atoms with Gasteiger partial charge >= 0.3 is 0 Å². The largest absolute Gasteiger partial charge is 0.496 e. The molecular weight excluding hydrogens is 292 g/mol. The lowest BCUT2D eigenvalue weighted by atomic mass is 10.1. The van der Waals surface area contributed by atoms with E-state index in [2.05, 4.69) is 5.32 Å². The number of hydrogen-bond donors (Lipinski definition) is 1. The zero-order valence-electron chi connectivity index (χ0n) is 13.2. The van der Waals surface area contributed by atoms with E-state index in [-0.39, 0.29) is 16.4 Å². The summed E-state index contributed by atoms with van der Waals surface area (Å²) in [6.45, 7) is 5.54. The molecule has 0 heterocycles. The molecule has 0 radical (unpaired) electrons. The third-order valence-corrected chi connectivity index (χ3v) is 4.49. The van der Waals surface area contributed by atoms with Crippen LogP contribution in [0, 0.1) is 0 Å². The Labute approximate surface area is 126 Å². The molecule has 1 aromatic carbocycles. The second kappa shape index (κ2) is 6.03. The smallest absolute Gasteiger partial charge is 0.255 e. The second-order valence-electron chi connectivity index (χ2n) is 5.85. The molecule has 1 N–H and O–H groups in total. The summed E-state index contributed by atoms with van der Waals surface area (Å²) >= 11 is 0. The molecular formula is C14H22N2O4S. The molecule has 0 unspecified atom stereocenters. The van der Waals surface area contributed by atoms with Crippen LogP contribution in [0.2, 0.25) is 0 Å². The molecule has 7 heteroatoms. The molecule has 0 aliphatic rings. The minimum absolute atomic E-state index is 0.0485. The van der Waals surface area contributed by atoms with Crippen molar-refractivity contribution in [3.8, 4) is 5.75 Å². The molecule has 6 nitrogen and oxygen atoms in total. The fourth-order valence-electron chi connectivity index (χ4n) is 1.64. The quantitative estimate of drug-likeness (QED) is 0.913. The van der Waals surface area contributed by atoms with E-state index in [1.54, 1.807) is 0 Å². The first-order valence-electron chi connectivity index (χ1n) is 6.42. The number of benzene rings is 1. The van der Waals surface area contributed by atoms with Gasteiger partial charge in [-0.05, 0) is 39.0 Å². The molecule has 0 spiro atoms. The van der Waals surface area contributed by atoms with Crippen LogP contribution in [0.3, 0.4) is 0 Å². The Hall–Kier alpha value is -1.60. The lowest BCUT2D eigenvalue weighted by molar-refractivity contribution is 0.0916. The molecule has 1 aromatic rings. The third-order valence-electron chi connectivity index (χ3n) is 2.68. The number of rotatable bonds is 4. The summed E-state index contributed by atoms with van der Waals surface area (Å²) in [5, 5.41) is 2.79. The van der Waals surface area contributed by atoms with Crippen LogP contribution in [0.25, 0.3) is 0 Å². The van der Waals surface area contributed by atoms with Crippen molar-refractivity contribution in [1.82, 2.24) is 9.62 Å². The number of carbonyl (C=O) groups is 1. The van der Waals surface area contributed by atoms with E-state index in [4.69, 9.17) is 4.74 Å². The van der Waals surface area contributed by atoms with Gasteiger partial charge in [0.1, 0.15) is 5.75 Å². The standard InChI is InChI=1S/C14H22N2O4S/c1-14(2,3)15-13(17)11-9-10(7-8-12(11)20-6)21(18,19)16(4)5/h7-9H,1-6H3,(H,15,17). The molecule has 21 heavy (non-hydrogen) atoms. The maximum absolute atomic E-state index is 12.3. The van der Waals surface area contributed by atoms with Gasteiger partial charge in [-0.3, -0.25) is 4.79 Å². The van der Waals surface area contributed by atoms with Gasteiger partial charge in [0, 0.05) is 19.6 Å². The highest BCUT2D eigenvalue weighted by Crippen LogP contribution is 2.24. The number of nitrogens with one attached hydrogen (secondary N) is 1. The van der Waals surface area contributed by atoms with Gasteiger partial charge in [-0.2, -0.15) is 0 Å². The summed E-state index contributed by atoms with van der Waals surface area (Å²) in [5.74, 6) is -0.0513. The van der Waals surface area contributed by atoms with Gasteiger partial charge in [0.25, 0.3) is 5.91 Å². The van der Waals surface area contributed by atoms with E-state index in [1.807, 2.05) is 20.8 Å². The van der Waals surface area contributed by atoms with E-state index in [1.165, 1.54) is 39.4 Å². The summed E-state index contributed by atoms with van der Waals surface area (Å²) in [5.41, 5.74) is -0.242. The minimum atomic E-state index is -3.60. The Morgan fingerprint density at radius 2 is 1.81 bits per heavy atom. The average Bonchev–Trinajstić information content (AvgIpc) is 2.35. The molecule has 0 saturated heterocycles. The molecule has 0 fully saturated rings. The van der Waals surface area contributed by atoms with E-state index in [0.717, 1.165) is 4.31 Å². The predicted octanol–water partition coefficient (Wildman–Crippen LogP) is 1.47. The topological polar surface area (TPSA) is 75.7 Å². The average molecular weight is 314 g/mol. The Morgan fingerprint density at radius 1 is 1.24 bits per heavy atom. The van der Waals surface area contributed by atoms with Gasteiger partial charge < -0.3 is 10.1 Å². The lowest BCUT2D eigenvalue weighted by Crippen LogP contribution is -2.40. The van der Waals surface area contributed by atoms with Crippen LogP contribution in [0.1, 0.15) is 31.1 Å². The fraction of sp³-hybridized carbons (Fsp3) is 0.500. The summed E-state index contributed by atoms with van der Waals surface area (Å²) < 4.78 is 30.5. The van der Waals surface area contributed by atoms with Crippen molar-refractivity contribution in [1.29, 1.82) is 0 Å². The molecule has 1 amide bonds. The van der Waals surface area contributed by atoms with E-state index < -0.39 is 15.6 Å². The molecule has 0 aliphatic carbocycles. The van der Waals surface area contributed by atoms with Crippen LogP contribution in [0.5, 0.6) is 5.75 Å². The highest BCUT2D eigenvalue weighted by atomic mass is 32.2. The monoisotopic (exact) mass is 314 g/mol. The number of methoxy groups -OCH3 is 1. The van der Waals surface area contributed by atoms with Gasteiger partial charge in [-0.25, -0.2) is 12.7 Å². The Kier molecular flexibility index (Phi) is 5.01. The summed E-state index contributed by atoms with van der Waals surface area (Å²) in [6.07, 6.45) is 0. The number of hydrogen-bond acceptors (Lipinski definition) is 4. The third kappa shape index (κ3) is 4.18. The molecule has 0 aliphatic heterocycles. The lowest BCUT2D eigenvalue weighted by Gasteiger charge is -2.21. The zero-order valence-corrected chi connectivity index (χ0v) is 14.0. The molecule has 0 aromatic heterocycles. The van der Waals surface area contributed by atoms with E-state index >= 15 is 0 Å². The van der Waals surface area contributed by atoms with E-state index in [9.17, 15) is 13.2 Å². The Morgan fingerprint density at radius 3 is 2.24 bits per heavy atom. The van der Waals surface area contributed by atoms with Crippen LogP contribution >= 0.6 is 0 Å². The predicted molar refractivity (Wildman–Crippen MR) is 81.1 cm³/mol. The van der Waals surface area contributed by atoms with Gasteiger partial charge in [0.2, 0.25) is 10.0 Å². The summed E-state index contributed by atoms with van der Waals surface area (Å²) in [7, 11) is 0.708. The maximum atomic E-state index is 12.3. The van der Waals surface area contributed by atoms with Gasteiger partial charge in [0.05, 0.1) is 17.6 Å². The minimum Gasteiger partial charge on any atom is -0.496 e. The first-order valence-corrected chi connectivity index (χ1v) is 7.86. The van der Waals surface area contributed by atoms with Crippen LogP contribution in [0.15, 0.2) is 23.1 Å². The maximum Gasteiger partial charge on any atom is 0.255 e. The number of carbonyl (C=O) groups excluding carboxylic acids is 1. The number of ether oxygens (including phenoxy) is 1. The normalized spacial score (nSPS) is 12.3. The van der Waals surface area contributed by atoms with Gasteiger partial charge in [-0.15, -0.1) is 0 Å². The van der Waals surface area contributed by atoms with Crippen molar-refractivity contribution < 1.29 is 17.9 Å².